The first-order valence-electron chi connectivity index (χ1n) is 9.39. The molecule has 4 rings (SSSR count). The minimum atomic E-state index is -0.264. The molecule has 7 heteroatoms. The molecule has 0 saturated carbocycles. The van der Waals surface area contributed by atoms with Gasteiger partial charge >= 0.3 is 0 Å². The Morgan fingerprint density at radius 1 is 0.733 bits per heavy atom. The minimum Gasteiger partial charge on any atom is -0.497 e. The van der Waals surface area contributed by atoms with Crippen LogP contribution in [0.2, 0.25) is 0 Å². The number of anilines is 2. The van der Waals surface area contributed by atoms with Gasteiger partial charge in [-0.15, -0.1) is 0 Å². The minimum absolute atomic E-state index is 0.244. The number of benzene rings is 3. The summed E-state index contributed by atoms with van der Waals surface area (Å²) in [5.41, 5.74) is 2.18. The van der Waals surface area contributed by atoms with Crippen LogP contribution in [0.15, 0.2) is 66.7 Å². The molecule has 0 unspecified atom stereocenters. The zero-order valence-corrected chi connectivity index (χ0v) is 16.3. The lowest BCUT2D eigenvalue weighted by Crippen LogP contribution is -2.16. The van der Waals surface area contributed by atoms with Gasteiger partial charge in [-0.25, -0.2) is 0 Å². The van der Waals surface area contributed by atoms with Gasteiger partial charge in [-0.05, 0) is 60.7 Å². The first kappa shape index (κ1) is 19.3. The lowest BCUT2D eigenvalue weighted by molar-refractivity contribution is 0.102. The van der Waals surface area contributed by atoms with Crippen LogP contribution in [0.1, 0.15) is 20.7 Å². The molecule has 1 aliphatic heterocycles. The van der Waals surface area contributed by atoms with Crippen LogP contribution in [0.5, 0.6) is 17.2 Å². The summed E-state index contributed by atoms with van der Waals surface area (Å²) in [5.74, 6) is 1.44. The van der Waals surface area contributed by atoms with Crippen LogP contribution in [-0.4, -0.2) is 32.1 Å². The molecule has 0 aromatic heterocycles. The predicted molar refractivity (Wildman–Crippen MR) is 113 cm³/mol. The Hall–Kier alpha value is -4.00. The van der Waals surface area contributed by atoms with E-state index in [2.05, 4.69) is 10.6 Å². The Morgan fingerprint density at radius 2 is 1.27 bits per heavy atom. The Morgan fingerprint density at radius 3 is 1.90 bits per heavy atom. The summed E-state index contributed by atoms with van der Waals surface area (Å²) in [5, 5.41) is 5.64. The molecule has 0 aliphatic carbocycles. The number of hydrogen-bond donors (Lipinski definition) is 2. The molecule has 1 heterocycles. The van der Waals surface area contributed by atoms with Gasteiger partial charge in [0.05, 0.1) is 7.11 Å². The van der Waals surface area contributed by atoms with Crippen LogP contribution in [0, 0.1) is 0 Å². The van der Waals surface area contributed by atoms with Crippen LogP contribution in [0.3, 0.4) is 0 Å². The van der Waals surface area contributed by atoms with Crippen LogP contribution in [0.4, 0.5) is 11.4 Å². The first-order chi connectivity index (χ1) is 14.6. The average molecular weight is 404 g/mol. The first-order valence-corrected chi connectivity index (χ1v) is 9.39. The lowest BCUT2D eigenvalue weighted by atomic mass is 10.1. The van der Waals surface area contributed by atoms with E-state index < -0.39 is 0 Å². The molecule has 0 bridgehead atoms. The third-order valence-electron chi connectivity index (χ3n) is 4.56. The summed E-state index contributed by atoms with van der Waals surface area (Å²) in [6.45, 7) is 0.994. The Bertz CT molecular complexity index is 1060. The highest BCUT2D eigenvalue weighted by atomic mass is 16.6. The number of ether oxygens (including phenoxy) is 3. The van der Waals surface area contributed by atoms with E-state index in [1.54, 1.807) is 73.8 Å². The van der Waals surface area contributed by atoms with Crippen molar-refractivity contribution in [3.63, 3.8) is 0 Å². The summed E-state index contributed by atoms with van der Waals surface area (Å²) >= 11 is 0. The van der Waals surface area contributed by atoms with Gasteiger partial charge in [0, 0.05) is 28.6 Å². The molecule has 0 fully saturated rings. The maximum absolute atomic E-state index is 12.5. The van der Waals surface area contributed by atoms with E-state index in [9.17, 15) is 9.59 Å². The Balaban J connectivity index is 1.39. The Kier molecular flexibility index (Phi) is 5.52. The molecule has 1 aliphatic rings. The molecular weight excluding hydrogens is 384 g/mol. The maximum atomic E-state index is 12.5. The zero-order valence-electron chi connectivity index (χ0n) is 16.3. The summed E-state index contributed by atoms with van der Waals surface area (Å²) in [6.07, 6.45) is 0. The van der Waals surface area contributed by atoms with Crippen LogP contribution >= 0.6 is 0 Å². The number of methoxy groups -OCH3 is 1. The summed E-state index contributed by atoms with van der Waals surface area (Å²) < 4.78 is 16.1. The van der Waals surface area contributed by atoms with Gasteiger partial charge in [-0.3, -0.25) is 9.59 Å². The highest BCUT2D eigenvalue weighted by Crippen LogP contribution is 2.32. The predicted octanol–water partition coefficient (Wildman–Crippen LogP) is 3.97. The molecule has 152 valence electrons. The van der Waals surface area contributed by atoms with Crippen molar-refractivity contribution in [2.24, 2.45) is 0 Å². The quantitative estimate of drug-likeness (QED) is 0.672. The van der Waals surface area contributed by atoms with E-state index in [1.165, 1.54) is 0 Å². The highest BCUT2D eigenvalue weighted by molar-refractivity contribution is 6.06. The second kappa shape index (κ2) is 8.57. The summed E-state index contributed by atoms with van der Waals surface area (Å²) in [4.78, 5) is 24.9. The van der Waals surface area contributed by atoms with E-state index in [0.717, 1.165) is 0 Å². The fourth-order valence-electron chi connectivity index (χ4n) is 2.97. The molecule has 7 nitrogen and oxygen atoms in total. The van der Waals surface area contributed by atoms with Crippen molar-refractivity contribution >= 4 is 23.2 Å². The van der Waals surface area contributed by atoms with Crippen molar-refractivity contribution < 1.29 is 23.8 Å². The van der Waals surface area contributed by atoms with Crippen molar-refractivity contribution in [2.75, 3.05) is 31.0 Å². The SMILES string of the molecule is COc1ccc(C(=O)Nc2ccc(C(=O)Nc3ccc4c(c3)OCCO4)cc2)cc1. The fourth-order valence-corrected chi connectivity index (χ4v) is 2.97. The number of amides is 2. The molecular formula is C23H20N2O5. The van der Waals surface area contributed by atoms with Gasteiger partial charge in [-0.1, -0.05) is 0 Å². The molecule has 0 radical (unpaired) electrons. The fraction of sp³-hybridized carbons (Fsp3) is 0.130. The normalized spacial score (nSPS) is 12.0. The second-order valence-electron chi connectivity index (χ2n) is 6.57. The zero-order chi connectivity index (χ0) is 20.9. The van der Waals surface area contributed by atoms with Gasteiger partial charge in [0.15, 0.2) is 11.5 Å². The molecule has 3 aromatic rings. The third kappa shape index (κ3) is 4.35. The molecule has 0 spiro atoms. The summed E-state index contributed by atoms with van der Waals surface area (Å²) in [6, 6.07) is 18.7. The largest absolute Gasteiger partial charge is 0.497 e. The lowest BCUT2D eigenvalue weighted by Gasteiger charge is -2.19. The number of carbonyl (C=O) groups excluding carboxylic acids is 2. The van der Waals surface area contributed by atoms with E-state index >= 15 is 0 Å². The van der Waals surface area contributed by atoms with Gasteiger partial charge < -0.3 is 24.8 Å². The maximum Gasteiger partial charge on any atom is 0.255 e. The average Bonchev–Trinajstić information content (AvgIpc) is 2.79. The van der Waals surface area contributed by atoms with E-state index in [1.807, 2.05) is 0 Å². The third-order valence-corrected chi connectivity index (χ3v) is 4.56. The highest BCUT2D eigenvalue weighted by Gasteiger charge is 2.14. The molecule has 3 aromatic carbocycles. The van der Waals surface area contributed by atoms with Gasteiger partial charge in [-0.2, -0.15) is 0 Å². The Labute approximate surface area is 173 Å². The molecule has 30 heavy (non-hydrogen) atoms. The van der Waals surface area contributed by atoms with Gasteiger partial charge in [0.2, 0.25) is 0 Å². The van der Waals surface area contributed by atoms with Crippen LogP contribution in [0.25, 0.3) is 0 Å². The molecule has 2 N–H and O–H groups in total. The molecule has 0 saturated heterocycles. The molecule has 2 amide bonds. The number of nitrogens with one attached hydrogen (secondary N) is 2. The second-order valence-corrected chi connectivity index (χ2v) is 6.57. The van der Waals surface area contributed by atoms with Crippen molar-refractivity contribution in [2.45, 2.75) is 0 Å². The van der Waals surface area contributed by atoms with E-state index in [0.29, 0.717) is 53.0 Å². The van der Waals surface area contributed by atoms with Crippen molar-refractivity contribution in [3.8, 4) is 17.2 Å². The topological polar surface area (TPSA) is 85.9 Å². The van der Waals surface area contributed by atoms with Gasteiger partial charge in [0.25, 0.3) is 11.8 Å². The number of fused-ring (bicyclic) bond motifs is 1. The van der Waals surface area contributed by atoms with E-state index in [-0.39, 0.29) is 11.8 Å². The monoisotopic (exact) mass is 404 g/mol. The van der Waals surface area contributed by atoms with E-state index in [4.69, 9.17) is 14.2 Å². The van der Waals surface area contributed by atoms with Crippen LogP contribution in [-0.2, 0) is 0 Å². The van der Waals surface area contributed by atoms with Gasteiger partial charge in [0.1, 0.15) is 19.0 Å². The van der Waals surface area contributed by atoms with Crippen molar-refractivity contribution in [3.05, 3.63) is 77.9 Å². The standard InChI is InChI=1S/C23H20N2O5/c1-28-19-9-4-16(5-10-19)22(26)24-17-6-2-15(3-7-17)23(27)25-18-8-11-20-21(14-18)30-13-12-29-20/h2-11,14H,12-13H2,1H3,(H,24,26)(H,25,27). The number of carbonyl (C=O) groups is 2. The van der Waals surface area contributed by atoms with Crippen molar-refractivity contribution in [1.82, 2.24) is 0 Å². The number of hydrogen-bond acceptors (Lipinski definition) is 5. The van der Waals surface area contributed by atoms with Crippen LogP contribution < -0.4 is 24.8 Å². The summed E-state index contributed by atoms with van der Waals surface area (Å²) in [7, 11) is 1.57. The number of rotatable bonds is 5. The van der Waals surface area contributed by atoms with Crippen molar-refractivity contribution in [1.29, 1.82) is 0 Å². The molecule has 0 atom stereocenters. The smallest absolute Gasteiger partial charge is 0.255 e.